The average molecular weight is 337 g/mol. The molecule has 1 heterocycles. The van der Waals surface area contributed by atoms with Gasteiger partial charge in [0.25, 0.3) is 5.69 Å². The Balaban J connectivity index is 2.35. The number of ether oxygens (including phenoxy) is 1. The standard InChI is InChI=1S/C14H13BrN2O3/c1-8-4-11(5-9(2)14(8)15)20-13-6-12(17(18)19)10(3)7-16-13/h4-7H,1-3H3. The Morgan fingerprint density at radius 1 is 1.15 bits per heavy atom. The molecule has 2 rings (SSSR count). The van der Waals surface area contributed by atoms with Crippen molar-refractivity contribution in [3.63, 3.8) is 0 Å². The molecule has 0 spiro atoms. The Kier molecular flexibility index (Phi) is 4.04. The van der Waals surface area contributed by atoms with Crippen molar-refractivity contribution in [1.29, 1.82) is 0 Å². The second-order valence-corrected chi connectivity index (χ2v) is 5.33. The summed E-state index contributed by atoms with van der Waals surface area (Å²) in [6, 6.07) is 5.04. The lowest BCUT2D eigenvalue weighted by Crippen LogP contribution is -1.96. The van der Waals surface area contributed by atoms with Crippen LogP contribution in [0.3, 0.4) is 0 Å². The van der Waals surface area contributed by atoms with E-state index in [1.807, 2.05) is 26.0 Å². The summed E-state index contributed by atoms with van der Waals surface area (Å²) in [6.45, 7) is 5.55. The van der Waals surface area contributed by atoms with Crippen LogP contribution in [0.5, 0.6) is 11.6 Å². The van der Waals surface area contributed by atoms with Crippen LogP contribution in [-0.2, 0) is 0 Å². The lowest BCUT2D eigenvalue weighted by molar-refractivity contribution is -0.385. The Morgan fingerprint density at radius 3 is 2.30 bits per heavy atom. The van der Waals surface area contributed by atoms with E-state index in [2.05, 4.69) is 20.9 Å². The van der Waals surface area contributed by atoms with Gasteiger partial charge in [-0.3, -0.25) is 10.1 Å². The SMILES string of the molecule is Cc1cnc(Oc2cc(C)c(Br)c(C)c2)cc1[N+](=O)[O-]. The van der Waals surface area contributed by atoms with Crippen molar-refractivity contribution in [3.05, 3.63) is 55.7 Å². The highest BCUT2D eigenvalue weighted by Crippen LogP contribution is 2.30. The van der Waals surface area contributed by atoms with Gasteiger partial charge in [-0.2, -0.15) is 0 Å². The summed E-state index contributed by atoms with van der Waals surface area (Å²) in [5.74, 6) is 0.817. The van der Waals surface area contributed by atoms with Gasteiger partial charge < -0.3 is 4.74 Å². The summed E-state index contributed by atoms with van der Waals surface area (Å²) in [5.41, 5.74) is 2.56. The van der Waals surface area contributed by atoms with Crippen molar-refractivity contribution in [2.75, 3.05) is 0 Å². The molecule has 20 heavy (non-hydrogen) atoms. The monoisotopic (exact) mass is 336 g/mol. The zero-order valence-corrected chi connectivity index (χ0v) is 12.9. The summed E-state index contributed by atoms with van der Waals surface area (Å²) in [5, 5.41) is 10.9. The first-order valence-corrected chi connectivity index (χ1v) is 6.73. The van der Waals surface area contributed by atoms with Crippen molar-refractivity contribution < 1.29 is 9.66 Å². The number of benzene rings is 1. The molecule has 0 radical (unpaired) electrons. The third-order valence-electron chi connectivity index (χ3n) is 2.88. The molecule has 0 saturated heterocycles. The minimum atomic E-state index is -0.443. The number of nitro groups is 1. The first-order valence-electron chi connectivity index (χ1n) is 5.94. The molecule has 1 aromatic heterocycles. The second-order valence-electron chi connectivity index (χ2n) is 4.54. The van der Waals surface area contributed by atoms with Crippen molar-refractivity contribution in [1.82, 2.24) is 4.98 Å². The van der Waals surface area contributed by atoms with Gasteiger partial charge >= 0.3 is 0 Å². The summed E-state index contributed by atoms with van der Waals surface area (Å²) < 4.78 is 6.63. The van der Waals surface area contributed by atoms with E-state index in [0.29, 0.717) is 11.3 Å². The number of aryl methyl sites for hydroxylation is 3. The molecule has 104 valence electrons. The van der Waals surface area contributed by atoms with Gasteiger partial charge in [-0.25, -0.2) is 4.98 Å². The van der Waals surface area contributed by atoms with Gasteiger partial charge in [0.05, 0.1) is 11.0 Å². The Bertz CT molecular complexity index is 663. The van der Waals surface area contributed by atoms with Gasteiger partial charge in [0.15, 0.2) is 0 Å². The number of halogens is 1. The molecule has 0 aliphatic carbocycles. The van der Waals surface area contributed by atoms with E-state index >= 15 is 0 Å². The normalized spacial score (nSPS) is 10.4. The van der Waals surface area contributed by atoms with E-state index in [1.54, 1.807) is 6.92 Å². The molecule has 0 N–H and O–H groups in total. The van der Waals surface area contributed by atoms with Crippen LogP contribution in [-0.4, -0.2) is 9.91 Å². The molecule has 0 aliphatic rings. The Morgan fingerprint density at radius 2 is 1.75 bits per heavy atom. The third kappa shape index (κ3) is 2.96. The highest BCUT2D eigenvalue weighted by molar-refractivity contribution is 9.10. The third-order valence-corrected chi connectivity index (χ3v) is 4.13. The van der Waals surface area contributed by atoms with Crippen LogP contribution in [0.4, 0.5) is 5.69 Å². The molecule has 0 amide bonds. The highest BCUT2D eigenvalue weighted by Gasteiger charge is 2.13. The molecule has 0 fully saturated rings. The predicted molar refractivity (Wildman–Crippen MR) is 79.3 cm³/mol. The van der Waals surface area contributed by atoms with Gasteiger partial charge in [-0.1, -0.05) is 15.9 Å². The number of nitrogens with zero attached hydrogens (tertiary/aromatic N) is 2. The number of aromatic nitrogens is 1. The Labute approximate surface area is 124 Å². The molecule has 5 nitrogen and oxygen atoms in total. The van der Waals surface area contributed by atoms with Crippen LogP contribution >= 0.6 is 15.9 Å². The van der Waals surface area contributed by atoms with Crippen molar-refractivity contribution >= 4 is 21.6 Å². The number of hydrogen-bond donors (Lipinski definition) is 0. The van der Waals surface area contributed by atoms with Crippen LogP contribution in [0.1, 0.15) is 16.7 Å². The topological polar surface area (TPSA) is 65.3 Å². The van der Waals surface area contributed by atoms with Crippen LogP contribution < -0.4 is 4.74 Å². The van der Waals surface area contributed by atoms with Gasteiger partial charge in [-0.05, 0) is 44.0 Å². The van der Waals surface area contributed by atoms with Gasteiger partial charge in [-0.15, -0.1) is 0 Å². The first kappa shape index (κ1) is 14.5. The molecular weight excluding hydrogens is 324 g/mol. The van der Waals surface area contributed by atoms with E-state index in [1.165, 1.54) is 12.3 Å². The lowest BCUT2D eigenvalue weighted by Gasteiger charge is -2.09. The first-order chi connectivity index (χ1) is 9.38. The smallest absolute Gasteiger partial charge is 0.279 e. The molecule has 0 saturated carbocycles. The van der Waals surface area contributed by atoms with Gasteiger partial charge in [0.2, 0.25) is 5.88 Å². The van der Waals surface area contributed by atoms with Gasteiger partial charge in [0.1, 0.15) is 5.75 Å². The van der Waals surface area contributed by atoms with Crippen molar-refractivity contribution in [3.8, 4) is 11.6 Å². The predicted octanol–water partition coefficient (Wildman–Crippen LogP) is 4.47. The molecule has 1 aromatic carbocycles. The maximum absolute atomic E-state index is 10.9. The number of rotatable bonds is 3. The van der Waals surface area contributed by atoms with E-state index in [-0.39, 0.29) is 11.6 Å². The zero-order valence-electron chi connectivity index (χ0n) is 11.3. The molecule has 0 atom stereocenters. The van der Waals surface area contributed by atoms with E-state index in [4.69, 9.17) is 4.74 Å². The van der Waals surface area contributed by atoms with Crippen molar-refractivity contribution in [2.24, 2.45) is 0 Å². The summed E-state index contributed by atoms with van der Waals surface area (Å²) >= 11 is 3.48. The fourth-order valence-corrected chi connectivity index (χ4v) is 2.06. The van der Waals surface area contributed by atoms with Gasteiger partial charge in [0, 0.05) is 16.2 Å². The minimum Gasteiger partial charge on any atom is -0.439 e. The van der Waals surface area contributed by atoms with Crippen LogP contribution in [0, 0.1) is 30.9 Å². The molecular formula is C14H13BrN2O3. The maximum atomic E-state index is 10.9. The number of hydrogen-bond acceptors (Lipinski definition) is 4. The van der Waals surface area contributed by atoms with E-state index in [9.17, 15) is 10.1 Å². The summed E-state index contributed by atoms with van der Waals surface area (Å²) in [4.78, 5) is 14.5. The molecule has 2 aromatic rings. The van der Waals surface area contributed by atoms with Crippen LogP contribution in [0.2, 0.25) is 0 Å². The van der Waals surface area contributed by atoms with E-state index < -0.39 is 4.92 Å². The lowest BCUT2D eigenvalue weighted by atomic mass is 10.1. The maximum Gasteiger partial charge on any atom is 0.279 e. The average Bonchev–Trinajstić information content (AvgIpc) is 2.38. The molecule has 0 unspecified atom stereocenters. The van der Waals surface area contributed by atoms with E-state index in [0.717, 1.165) is 15.6 Å². The molecule has 0 bridgehead atoms. The Hall–Kier alpha value is -1.95. The zero-order chi connectivity index (χ0) is 14.9. The summed E-state index contributed by atoms with van der Waals surface area (Å²) in [6.07, 6.45) is 1.44. The fourth-order valence-electron chi connectivity index (χ4n) is 1.83. The summed E-state index contributed by atoms with van der Waals surface area (Å²) in [7, 11) is 0. The second kappa shape index (κ2) is 5.58. The largest absolute Gasteiger partial charge is 0.439 e. The van der Waals surface area contributed by atoms with Crippen LogP contribution in [0.25, 0.3) is 0 Å². The van der Waals surface area contributed by atoms with Crippen LogP contribution in [0.15, 0.2) is 28.9 Å². The number of pyridine rings is 1. The minimum absolute atomic E-state index is 0.000514. The fraction of sp³-hybridized carbons (Fsp3) is 0.214. The quantitative estimate of drug-likeness (QED) is 0.612. The van der Waals surface area contributed by atoms with Crippen molar-refractivity contribution in [2.45, 2.75) is 20.8 Å². The highest BCUT2D eigenvalue weighted by atomic mass is 79.9. The molecule has 6 heteroatoms. The molecule has 0 aliphatic heterocycles.